The Hall–Kier alpha value is -2.73. The molecule has 1 aliphatic heterocycles. The van der Waals surface area contributed by atoms with Crippen molar-refractivity contribution < 1.29 is 19.1 Å². The Kier molecular flexibility index (Phi) is 8.22. The first-order valence-electron chi connectivity index (χ1n) is 12.5. The Morgan fingerprint density at radius 3 is 2.51 bits per heavy atom. The summed E-state index contributed by atoms with van der Waals surface area (Å²) in [6.45, 7) is 6.89. The topological polar surface area (TPSA) is 67.9 Å². The average Bonchev–Trinajstić information content (AvgIpc) is 2.87. The molecular formula is C28H35ClN2O4. The van der Waals surface area contributed by atoms with Crippen LogP contribution in [0.2, 0.25) is 0 Å². The second-order valence-electron chi connectivity index (χ2n) is 9.87. The number of amides is 2. The normalized spacial score (nSPS) is 24.3. The molecule has 1 N–H and O–H groups in total. The van der Waals surface area contributed by atoms with E-state index < -0.39 is 12.1 Å². The number of benzene rings is 2. The van der Waals surface area contributed by atoms with Gasteiger partial charge in [0.05, 0.1) is 6.54 Å². The number of rotatable bonds is 7. The van der Waals surface area contributed by atoms with Crippen LogP contribution in [0.1, 0.15) is 50.3 Å². The standard InChI is InChI=1S/C28H35ClN2O4/c1-18-11-13-21(14-12-18)27(28(33)30-23-8-6-7-19(2)20(23)3)31(26(32)15-29)16-22-17-34-24-9-4-5-10-25(24)35-22/h4-5,9-14,19-20,22-23,27H,6-8,15-17H2,1-3H3,(H,30,33)/t19-,20+,22-,23+,27+/m0/s1. The third-order valence-corrected chi connectivity index (χ3v) is 7.62. The molecule has 188 valence electrons. The van der Waals surface area contributed by atoms with Crippen LogP contribution in [-0.4, -0.2) is 47.9 Å². The second-order valence-corrected chi connectivity index (χ2v) is 10.1. The van der Waals surface area contributed by atoms with E-state index in [9.17, 15) is 9.59 Å². The Balaban J connectivity index is 1.61. The molecule has 0 radical (unpaired) electrons. The number of ether oxygens (including phenoxy) is 2. The summed E-state index contributed by atoms with van der Waals surface area (Å²) in [5.74, 6) is 1.48. The first-order chi connectivity index (χ1) is 16.9. The van der Waals surface area contributed by atoms with Gasteiger partial charge in [-0.25, -0.2) is 0 Å². The summed E-state index contributed by atoms with van der Waals surface area (Å²) in [6, 6.07) is 14.5. The molecule has 1 fully saturated rings. The van der Waals surface area contributed by atoms with Crippen molar-refractivity contribution in [2.45, 2.75) is 58.2 Å². The van der Waals surface area contributed by atoms with Crippen LogP contribution in [0.15, 0.2) is 48.5 Å². The number of fused-ring (bicyclic) bond motifs is 1. The van der Waals surface area contributed by atoms with Gasteiger partial charge in [0.25, 0.3) is 0 Å². The van der Waals surface area contributed by atoms with Gasteiger partial charge in [0, 0.05) is 6.04 Å². The van der Waals surface area contributed by atoms with Crippen LogP contribution in [0.25, 0.3) is 0 Å². The summed E-state index contributed by atoms with van der Waals surface area (Å²) >= 11 is 6.05. The van der Waals surface area contributed by atoms with Gasteiger partial charge in [-0.05, 0) is 42.9 Å². The molecule has 0 saturated heterocycles. The van der Waals surface area contributed by atoms with Crippen LogP contribution in [0.5, 0.6) is 11.5 Å². The average molecular weight is 499 g/mol. The van der Waals surface area contributed by atoms with E-state index in [-0.39, 0.29) is 36.9 Å². The fraction of sp³-hybridized carbons (Fsp3) is 0.500. The van der Waals surface area contributed by atoms with E-state index in [0.29, 0.717) is 23.3 Å². The molecule has 1 aliphatic carbocycles. The summed E-state index contributed by atoms with van der Waals surface area (Å²) in [5.41, 5.74) is 1.83. The fourth-order valence-electron chi connectivity index (χ4n) is 5.07. The van der Waals surface area contributed by atoms with Crippen LogP contribution < -0.4 is 14.8 Å². The van der Waals surface area contributed by atoms with E-state index in [1.807, 2.05) is 55.5 Å². The number of carbonyl (C=O) groups is 2. The Morgan fingerprint density at radius 1 is 1.09 bits per heavy atom. The highest BCUT2D eigenvalue weighted by molar-refractivity contribution is 6.27. The van der Waals surface area contributed by atoms with Crippen LogP contribution in [0.3, 0.4) is 0 Å². The lowest BCUT2D eigenvalue weighted by atomic mass is 9.78. The van der Waals surface area contributed by atoms with E-state index in [1.165, 1.54) is 6.42 Å². The van der Waals surface area contributed by atoms with Gasteiger partial charge in [-0.3, -0.25) is 9.59 Å². The van der Waals surface area contributed by atoms with E-state index in [2.05, 4.69) is 19.2 Å². The maximum atomic E-state index is 13.8. The monoisotopic (exact) mass is 498 g/mol. The van der Waals surface area contributed by atoms with Crippen LogP contribution in [0, 0.1) is 18.8 Å². The minimum atomic E-state index is -0.813. The largest absolute Gasteiger partial charge is 0.486 e. The predicted molar refractivity (Wildman–Crippen MR) is 137 cm³/mol. The molecule has 1 heterocycles. The molecule has 2 aromatic rings. The van der Waals surface area contributed by atoms with Gasteiger partial charge in [0.2, 0.25) is 11.8 Å². The Labute approximate surface area is 212 Å². The molecule has 35 heavy (non-hydrogen) atoms. The second kappa shape index (κ2) is 11.3. The van der Waals surface area contributed by atoms with Gasteiger partial charge in [0.1, 0.15) is 18.5 Å². The molecule has 0 unspecified atom stereocenters. The molecule has 2 aromatic carbocycles. The summed E-state index contributed by atoms with van der Waals surface area (Å²) < 4.78 is 12.0. The lowest BCUT2D eigenvalue weighted by Gasteiger charge is -2.38. The van der Waals surface area contributed by atoms with Crippen molar-refractivity contribution >= 4 is 23.4 Å². The van der Waals surface area contributed by atoms with Crippen molar-refractivity contribution in [2.24, 2.45) is 11.8 Å². The highest BCUT2D eigenvalue weighted by Gasteiger charge is 2.37. The summed E-state index contributed by atoms with van der Waals surface area (Å²) in [7, 11) is 0. The number of para-hydroxylation sites is 2. The molecule has 1 saturated carbocycles. The number of nitrogens with one attached hydrogen (secondary N) is 1. The van der Waals surface area contributed by atoms with Crippen molar-refractivity contribution in [3.8, 4) is 11.5 Å². The van der Waals surface area contributed by atoms with E-state index in [1.54, 1.807) is 4.90 Å². The third-order valence-electron chi connectivity index (χ3n) is 7.39. The van der Waals surface area contributed by atoms with Crippen molar-refractivity contribution in [2.75, 3.05) is 19.0 Å². The molecule has 2 aliphatic rings. The van der Waals surface area contributed by atoms with Crippen LogP contribution in [0.4, 0.5) is 0 Å². The minimum Gasteiger partial charge on any atom is -0.486 e. The quantitative estimate of drug-likeness (QED) is 0.552. The molecule has 0 aromatic heterocycles. The highest BCUT2D eigenvalue weighted by atomic mass is 35.5. The lowest BCUT2D eigenvalue weighted by Crippen LogP contribution is -2.52. The Bertz CT molecular complexity index is 1030. The Morgan fingerprint density at radius 2 is 1.80 bits per heavy atom. The van der Waals surface area contributed by atoms with Crippen molar-refractivity contribution in [1.82, 2.24) is 10.2 Å². The number of nitrogens with zero attached hydrogens (tertiary/aromatic N) is 1. The number of alkyl halides is 1. The van der Waals surface area contributed by atoms with Crippen molar-refractivity contribution in [1.29, 1.82) is 0 Å². The van der Waals surface area contributed by atoms with Crippen molar-refractivity contribution in [3.63, 3.8) is 0 Å². The first-order valence-corrected chi connectivity index (χ1v) is 13.0. The summed E-state index contributed by atoms with van der Waals surface area (Å²) in [6.07, 6.45) is 2.78. The zero-order valence-corrected chi connectivity index (χ0v) is 21.5. The molecule has 5 atom stereocenters. The molecule has 0 spiro atoms. The molecule has 7 heteroatoms. The predicted octanol–water partition coefficient (Wildman–Crippen LogP) is 4.88. The number of halogens is 1. The van der Waals surface area contributed by atoms with Crippen LogP contribution in [-0.2, 0) is 9.59 Å². The van der Waals surface area contributed by atoms with Gasteiger partial charge in [-0.1, -0.05) is 68.7 Å². The molecule has 6 nitrogen and oxygen atoms in total. The number of aryl methyl sites for hydroxylation is 1. The molecule has 4 rings (SSSR count). The maximum absolute atomic E-state index is 13.8. The number of hydrogen-bond acceptors (Lipinski definition) is 4. The third kappa shape index (κ3) is 5.92. The smallest absolute Gasteiger partial charge is 0.247 e. The summed E-state index contributed by atoms with van der Waals surface area (Å²) in [5, 5.41) is 3.28. The maximum Gasteiger partial charge on any atom is 0.247 e. The molecule has 2 amide bonds. The zero-order chi connectivity index (χ0) is 24.9. The van der Waals surface area contributed by atoms with Gasteiger partial charge >= 0.3 is 0 Å². The SMILES string of the molecule is Cc1ccc([C@H](C(=O)N[C@@H]2CCC[C@H](C)[C@H]2C)N(C[C@H]2COc3ccccc3O2)C(=O)CCl)cc1. The van der Waals surface area contributed by atoms with Gasteiger partial charge < -0.3 is 19.7 Å². The molecule has 0 bridgehead atoms. The summed E-state index contributed by atoms with van der Waals surface area (Å²) in [4.78, 5) is 28.5. The van der Waals surface area contributed by atoms with E-state index in [0.717, 1.165) is 24.0 Å². The minimum absolute atomic E-state index is 0.0771. The van der Waals surface area contributed by atoms with Gasteiger partial charge in [-0.2, -0.15) is 0 Å². The fourth-order valence-corrected chi connectivity index (χ4v) is 5.22. The van der Waals surface area contributed by atoms with Crippen LogP contribution >= 0.6 is 11.6 Å². The molecular weight excluding hydrogens is 464 g/mol. The number of carbonyl (C=O) groups excluding carboxylic acids is 2. The highest BCUT2D eigenvalue weighted by Crippen LogP contribution is 2.33. The number of hydrogen-bond donors (Lipinski definition) is 1. The van der Waals surface area contributed by atoms with Gasteiger partial charge in [0.15, 0.2) is 17.6 Å². The lowest BCUT2D eigenvalue weighted by molar-refractivity contribution is -0.141. The first kappa shape index (κ1) is 25.4. The van der Waals surface area contributed by atoms with E-state index >= 15 is 0 Å². The zero-order valence-electron chi connectivity index (χ0n) is 20.7. The van der Waals surface area contributed by atoms with Gasteiger partial charge in [-0.15, -0.1) is 11.6 Å². The van der Waals surface area contributed by atoms with Crippen molar-refractivity contribution in [3.05, 3.63) is 59.7 Å². The van der Waals surface area contributed by atoms with E-state index in [4.69, 9.17) is 21.1 Å².